The third-order valence-corrected chi connectivity index (χ3v) is 3.65. The summed E-state index contributed by atoms with van der Waals surface area (Å²) in [6, 6.07) is 9.12. The molecule has 0 heterocycles. The first kappa shape index (κ1) is 17.3. The molecule has 0 saturated heterocycles. The maximum absolute atomic E-state index is 13.5. The number of hydrogen-bond acceptors (Lipinski definition) is 2. The smallest absolute Gasteiger partial charge is 0.416 e. The van der Waals surface area contributed by atoms with Crippen molar-refractivity contribution in [3.63, 3.8) is 0 Å². The maximum atomic E-state index is 13.5. The summed E-state index contributed by atoms with van der Waals surface area (Å²) in [5, 5.41) is 0. The highest BCUT2D eigenvalue weighted by atomic mass is 19.4. The van der Waals surface area contributed by atoms with Crippen LogP contribution in [0.2, 0.25) is 0 Å². The highest BCUT2D eigenvalue weighted by molar-refractivity contribution is 5.38. The zero-order chi connectivity index (χ0) is 17.0. The van der Waals surface area contributed by atoms with Crippen molar-refractivity contribution >= 4 is 0 Å². The predicted molar refractivity (Wildman–Crippen MR) is 79.9 cm³/mol. The molecule has 2 aromatic rings. The zero-order valence-corrected chi connectivity index (χ0v) is 12.5. The van der Waals surface area contributed by atoms with Crippen LogP contribution in [0.25, 0.3) is 0 Å². The molecule has 0 aliphatic rings. The number of halogens is 4. The van der Waals surface area contributed by atoms with Gasteiger partial charge in [0.1, 0.15) is 11.6 Å². The van der Waals surface area contributed by atoms with E-state index in [2.05, 4.69) is 0 Å². The molecule has 0 aliphatic heterocycles. The largest absolute Gasteiger partial charge is 0.496 e. The Bertz CT molecular complexity index is 670. The molecule has 0 aliphatic carbocycles. The Morgan fingerprint density at radius 3 is 2.48 bits per heavy atom. The minimum absolute atomic E-state index is 0.163. The Balaban J connectivity index is 2.32. The van der Waals surface area contributed by atoms with Crippen LogP contribution in [0.3, 0.4) is 0 Å². The minimum atomic E-state index is -4.40. The van der Waals surface area contributed by atoms with E-state index in [9.17, 15) is 17.6 Å². The molecule has 2 aromatic carbocycles. The molecule has 0 aromatic heterocycles. The van der Waals surface area contributed by atoms with E-state index in [4.69, 9.17) is 10.5 Å². The average molecular weight is 327 g/mol. The third-order valence-electron chi connectivity index (χ3n) is 3.65. The van der Waals surface area contributed by atoms with Crippen molar-refractivity contribution in [2.45, 2.75) is 18.5 Å². The molecule has 0 saturated carbocycles. The normalized spacial score (nSPS) is 13.0. The molecule has 2 nitrogen and oxygen atoms in total. The van der Waals surface area contributed by atoms with E-state index in [-0.39, 0.29) is 18.9 Å². The van der Waals surface area contributed by atoms with E-state index in [1.165, 1.54) is 31.4 Å². The molecule has 2 N–H and O–H groups in total. The summed E-state index contributed by atoms with van der Waals surface area (Å²) in [6.07, 6.45) is -4.13. The molecule has 0 fully saturated rings. The van der Waals surface area contributed by atoms with Gasteiger partial charge in [-0.25, -0.2) is 4.39 Å². The number of ether oxygens (including phenoxy) is 1. The second-order valence-corrected chi connectivity index (χ2v) is 5.22. The highest BCUT2D eigenvalue weighted by Gasteiger charge is 2.30. The summed E-state index contributed by atoms with van der Waals surface area (Å²) in [7, 11) is 1.45. The molecular weight excluding hydrogens is 310 g/mol. The number of nitrogens with two attached hydrogens (primary N) is 1. The average Bonchev–Trinajstić information content (AvgIpc) is 2.52. The van der Waals surface area contributed by atoms with Crippen LogP contribution in [-0.4, -0.2) is 13.7 Å². The number of benzene rings is 2. The van der Waals surface area contributed by atoms with Crippen molar-refractivity contribution in [1.29, 1.82) is 0 Å². The fourth-order valence-corrected chi connectivity index (χ4v) is 2.50. The maximum Gasteiger partial charge on any atom is 0.416 e. The van der Waals surface area contributed by atoms with Gasteiger partial charge in [-0.05, 0) is 42.8 Å². The molecule has 2 rings (SSSR count). The van der Waals surface area contributed by atoms with E-state index in [0.717, 1.165) is 12.1 Å². The number of hydrogen-bond donors (Lipinski definition) is 1. The van der Waals surface area contributed by atoms with E-state index in [1.54, 1.807) is 6.07 Å². The van der Waals surface area contributed by atoms with Gasteiger partial charge in [0, 0.05) is 11.5 Å². The van der Waals surface area contributed by atoms with Gasteiger partial charge in [0.2, 0.25) is 0 Å². The van der Waals surface area contributed by atoms with Crippen LogP contribution in [0.15, 0.2) is 42.5 Å². The summed E-state index contributed by atoms with van der Waals surface area (Å²) in [6.45, 7) is 0.163. The van der Waals surface area contributed by atoms with Gasteiger partial charge >= 0.3 is 6.18 Å². The highest BCUT2D eigenvalue weighted by Crippen LogP contribution is 2.32. The van der Waals surface area contributed by atoms with Crippen LogP contribution in [0, 0.1) is 5.82 Å². The van der Waals surface area contributed by atoms with Crippen LogP contribution >= 0.6 is 0 Å². The molecule has 23 heavy (non-hydrogen) atoms. The Morgan fingerprint density at radius 1 is 1.13 bits per heavy atom. The Kier molecular flexibility index (Phi) is 5.26. The van der Waals surface area contributed by atoms with E-state index >= 15 is 0 Å². The van der Waals surface area contributed by atoms with Crippen LogP contribution in [-0.2, 0) is 12.6 Å². The predicted octanol–water partition coefficient (Wildman–Crippen LogP) is 4.14. The lowest BCUT2D eigenvalue weighted by Crippen LogP contribution is -2.16. The van der Waals surface area contributed by atoms with Crippen LogP contribution in [0.1, 0.15) is 22.6 Å². The quantitative estimate of drug-likeness (QED) is 0.838. The van der Waals surface area contributed by atoms with Gasteiger partial charge in [-0.2, -0.15) is 13.2 Å². The van der Waals surface area contributed by atoms with Crippen LogP contribution in [0.4, 0.5) is 17.6 Å². The first-order valence-corrected chi connectivity index (χ1v) is 7.04. The topological polar surface area (TPSA) is 35.2 Å². The zero-order valence-electron chi connectivity index (χ0n) is 12.5. The molecule has 6 heteroatoms. The molecule has 0 bridgehead atoms. The van der Waals surface area contributed by atoms with Crippen molar-refractivity contribution in [3.05, 3.63) is 65.0 Å². The Labute approximate surface area is 131 Å². The van der Waals surface area contributed by atoms with Crippen molar-refractivity contribution < 1.29 is 22.3 Å². The summed E-state index contributed by atoms with van der Waals surface area (Å²) < 4.78 is 57.1. The summed E-state index contributed by atoms with van der Waals surface area (Å²) in [5.41, 5.74) is 6.07. The monoisotopic (exact) mass is 327 g/mol. The van der Waals surface area contributed by atoms with Gasteiger partial charge in [0.15, 0.2) is 0 Å². The summed E-state index contributed by atoms with van der Waals surface area (Å²) in [5.74, 6) is -0.318. The van der Waals surface area contributed by atoms with Gasteiger partial charge in [0.05, 0.1) is 12.7 Å². The lowest BCUT2D eigenvalue weighted by Gasteiger charge is -2.19. The second-order valence-electron chi connectivity index (χ2n) is 5.22. The lowest BCUT2D eigenvalue weighted by atomic mass is 9.90. The van der Waals surface area contributed by atoms with Gasteiger partial charge in [0.25, 0.3) is 0 Å². The van der Waals surface area contributed by atoms with Crippen molar-refractivity contribution in [1.82, 2.24) is 0 Å². The number of alkyl halides is 3. The number of rotatable bonds is 5. The molecule has 124 valence electrons. The molecular formula is C17H17F4NO. The SMILES string of the molecule is COc1ccc(F)cc1C(CN)Cc1cccc(C(F)(F)F)c1. The van der Waals surface area contributed by atoms with Crippen LogP contribution < -0.4 is 10.5 Å². The Morgan fingerprint density at radius 2 is 1.87 bits per heavy atom. The van der Waals surface area contributed by atoms with Gasteiger partial charge in [-0.1, -0.05) is 18.2 Å². The van der Waals surface area contributed by atoms with Crippen molar-refractivity contribution in [2.75, 3.05) is 13.7 Å². The third kappa shape index (κ3) is 4.22. The van der Waals surface area contributed by atoms with E-state index < -0.39 is 17.6 Å². The second kappa shape index (κ2) is 7.00. The van der Waals surface area contributed by atoms with Crippen LogP contribution in [0.5, 0.6) is 5.75 Å². The fraction of sp³-hybridized carbons (Fsp3) is 0.294. The van der Waals surface area contributed by atoms with E-state index in [0.29, 0.717) is 16.9 Å². The Hall–Kier alpha value is -2.08. The molecule has 1 unspecified atom stereocenters. The molecule has 0 amide bonds. The molecule has 1 atom stereocenters. The molecule has 0 radical (unpaired) electrons. The first-order valence-electron chi connectivity index (χ1n) is 7.04. The van der Waals surface area contributed by atoms with Gasteiger partial charge < -0.3 is 10.5 Å². The standard InChI is InChI=1S/C17H17F4NO/c1-23-16-6-5-14(18)9-15(16)12(10-22)7-11-3-2-4-13(8-11)17(19,20)21/h2-6,8-9,12H,7,10,22H2,1H3. The summed E-state index contributed by atoms with van der Waals surface area (Å²) >= 11 is 0. The van der Waals surface area contributed by atoms with Gasteiger partial charge in [-0.15, -0.1) is 0 Å². The van der Waals surface area contributed by atoms with Gasteiger partial charge in [-0.3, -0.25) is 0 Å². The fourth-order valence-electron chi connectivity index (χ4n) is 2.50. The minimum Gasteiger partial charge on any atom is -0.496 e. The molecule has 0 spiro atoms. The lowest BCUT2D eigenvalue weighted by molar-refractivity contribution is -0.137. The van der Waals surface area contributed by atoms with Crippen molar-refractivity contribution in [2.24, 2.45) is 5.73 Å². The van der Waals surface area contributed by atoms with Crippen molar-refractivity contribution in [3.8, 4) is 5.75 Å². The summed E-state index contributed by atoms with van der Waals surface area (Å²) in [4.78, 5) is 0. The first-order chi connectivity index (χ1) is 10.8. The van der Waals surface area contributed by atoms with E-state index in [1.807, 2.05) is 0 Å². The number of methoxy groups -OCH3 is 1.